The number of likely N-dealkylation sites (tertiary alicyclic amines) is 1. The number of benzene rings is 1. The molecule has 0 bridgehead atoms. The second-order valence-corrected chi connectivity index (χ2v) is 10.2. The maximum Gasteiger partial charge on any atom is 0.338 e. The van der Waals surface area contributed by atoms with E-state index in [-0.39, 0.29) is 30.7 Å². The number of hydrogen-bond acceptors (Lipinski definition) is 8. The van der Waals surface area contributed by atoms with Gasteiger partial charge in [-0.25, -0.2) is 22.9 Å². The standard InChI is InChI=1S/C23H22BrF3N4O4S/c1-35-22(34)18-16(10-31-11-23(26,27)9-13(31)3-5-17(32)33)29-20(21-28-6-7-36-21)30-19(18)14-4-2-12(25)8-15(14)24/h2,4,6-8,13,19H,3,5,9-11H2,1H3,(H,29,30)(H,32,33)/t13-,19-/m0/s1. The van der Waals surface area contributed by atoms with Crippen LogP contribution in [0.5, 0.6) is 0 Å². The summed E-state index contributed by atoms with van der Waals surface area (Å²) in [4.78, 5) is 34.5. The Morgan fingerprint density at radius 2 is 2.17 bits per heavy atom. The molecule has 0 aliphatic carbocycles. The van der Waals surface area contributed by atoms with Crippen LogP contribution in [0.1, 0.15) is 35.9 Å². The van der Waals surface area contributed by atoms with Crippen molar-refractivity contribution < 1.29 is 32.6 Å². The number of nitrogens with one attached hydrogen (secondary N) is 1. The van der Waals surface area contributed by atoms with Crippen LogP contribution >= 0.6 is 27.3 Å². The molecular formula is C23H22BrF3N4O4S. The molecule has 13 heteroatoms. The number of carboxylic acids is 1. The fourth-order valence-corrected chi connectivity index (χ4v) is 5.55. The zero-order chi connectivity index (χ0) is 26.0. The third kappa shape index (κ3) is 5.79. The van der Waals surface area contributed by atoms with Crippen LogP contribution in [0.15, 0.2) is 50.5 Å². The number of carboxylic acid groups (broad SMARTS) is 1. The Kier molecular flexibility index (Phi) is 7.81. The zero-order valence-corrected chi connectivity index (χ0v) is 21.4. The van der Waals surface area contributed by atoms with E-state index in [0.29, 0.717) is 20.9 Å². The van der Waals surface area contributed by atoms with Crippen molar-refractivity contribution in [2.75, 3.05) is 20.2 Å². The van der Waals surface area contributed by atoms with Crippen LogP contribution < -0.4 is 5.32 Å². The van der Waals surface area contributed by atoms with E-state index in [4.69, 9.17) is 9.84 Å². The lowest BCUT2D eigenvalue weighted by molar-refractivity contribution is -0.137. The molecule has 36 heavy (non-hydrogen) atoms. The van der Waals surface area contributed by atoms with E-state index in [1.54, 1.807) is 11.6 Å². The number of aliphatic imine (C=N–C) groups is 1. The van der Waals surface area contributed by atoms with E-state index in [0.717, 1.165) is 0 Å². The molecule has 1 fully saturated rings. The molecule has 2 aliphatic heterocycles. The number of aromatic nitrogens is 1. The Morgan fingerprint density at radius 1 is 1.39 bits per heavy atom. The highest BCUT2D eigenvalue weighted by Crippen LogP contribution is 2.39. The molecular weight excluding hydrogens is 565 g/mol. The van der Waals surface area contributed by atoms with Gasteiger partial charge in [-0.05, 0) is 24.1 Å². The molecule has 2 aromatic rings. The molecule has 8 nitrogen and oxygen atoms in total. The Labute approximate surface area is 217 Å². The van der Waals surface area contributed by atoms with Gasteiger partial charge in [0.25, 0.3) is 5.92 Å². The first-order valence-electron chi connectivity index (χ1n) is 10.9. The van der Waals surface area contributed by atoms with Crippen molar-refractivity contribution in [3.63, 3.8) is 0 Å². The predicted molar refractivity (Wildman–Crippen MR) is 129 cm³/mol. The number of halogens is 4. The summed E-state index contributed by atoms with van der Waals surface area (Å²) >= 11 is 4.63. The lowest BCUT2D eigenvalue weighted by atomic mass is 9.95. The molecule has 0 spiro atoms. The number of hydrogen-bond donors (Lipinski definition) is 2. The van der Waals surface area contributed by atoms with Gasteiger partial charge in [0.05, 0.1) is 19.2 Å². The number of thiazole rings is 1. The van der Waals surface area contributed by atoms with E-state index >= 15 is 0 Å². The Morgan fingerprint density at radius 3 is 2.81 bits per heavy atom. The molecule has 0 amide bonds. The first kappa shape index (κ1) is 26.3. The summed E-state index contributed by atoms with van der Waals surface area (Å²) in [5.41, 5.74) is 0.831. The number of alkyl halides is 2. The summed E-state index contributed by atoms with van der Waals surface area (Å²) < 4.78 is 48.0. The number of aliphatic carboxylic acids is 1. The van der Waals surface area contributed by atoms with Gasteiger partial charge in [-0.3, -0.25) is 14.7 Å². The van der Waals surface area contributed by atoms with Crippen LogP contribution in [0.25, 0.3) is 0 Å². The molecule has 192 valence electrons. The molecule has 2 aliphatic rings. The van der Waals surface area contributed by atoms with E-state index in [9.17, 15) is 22.8 Å². The van der Waals surface area contributed by atoms with E-state index in [2.05, 4.69) is 31.2 Å². The summed E-state index contributed by atoms with van der Waals surface area (Å²) in [6.07, 6.45) is 0.868. The fraction of sp³-hybridized carbons (Fsp3) is 0.391. The van der Waals surface area contributed by atoms with Gasteiger partial charge < -0.3 is 15.2 Å². The van der Waals surface area contributed by atoms with Crippen LogP contribution in [0.2, 0.25) is 0 Å². The van der Waals surface area contributed by atoms with Crippen molar-refractivity contribution in [2.24, 2.45) is 4.99 Å². The number of rotatable bonds is 8. The van der Waals surface area contributed by atoms with E-state index in [1.165, 1.54) is 41.5 Å². The predicted octanol–water partition coefficient (Wildman–Crippen LogP) is 4.14. The van der Waals surface area contributed by atoms with Crippen LogP contribution in [0.3, 0.4) is 0 Å². The molecule has 1 aromatic carbocycles. The van der Waals surface area contributed by atoms with Gasteiger partial charge >= 0.3 is 11.9 Å². The molecule has 1 saturated heterocycles. The molecule has 3 heterocycles. The van der Waals surface area contributed by atoms with Crippen molar-refractivity contribution >= 4 is 45.0 Å². The van der Waals surface area contributed by atoms with Gasteiger partial charge in [-0.1, -0.05) is 22.0 Å². The zero-order valence-electron chi connectivity index (χ0n) is 19.0. The summed E-state index contributed by atoms with van der Waals surface area (Å²) in [5, 5.41) is 14.4. The monoisotopic (exact) mass is 586 g/mol. The number of methoxy groups -OCH3 is 1. The van der Waals surface area contributed by atoms with Crippen molar-refractivity contribution in [1.29, 1.82) is 0 Å². The highest BCUT2D eigenvalue weighted by Gasteiger charge is 2.46. The summed E-state index contributed by atoms with van der Waals surface area (Å²) in [7, 11) is 1.20. The fourth-order valence-electron chi connectivity index (χ4n) is 4.40. The summed E-state index contributed by atoms with van der Waals surface area (Å²) in [6, 6.07) is 2.32. The second kappa shape index (κ2) is 10.7. The second-order valence-electron chi connectivity index (χ2n) is 8.44. The third-order valence-corrected chi connectivity index (χ3v) is 7.43. The number of ether oxygens (including phenoxy) is 1. The quantitative estimate of drug-likeness (QED) is 0.448. The minimum atomic E-state index is -3.00. The van der Waals surface area contributed by atoms with Gasteiger partial charge in [0, 0.05) is 47.2 Å². The molecule has 2 atom stereocenters. The summed E-state index contributed by atoms with van der Waals surface area (Å²) in [5.74, 6) is -4.98. The SMILES string of the molecule is COC(=O)C1=C(CN2CC(F)(F)C[C@@H]2CCC(=O)O)NC(c2nccs2)=N[C@H]1c1ccc(F)cc1Br. The molecule has 1 aromatic heterocycles. The average molecular weight is 587 g/mol. The van der Waals surface area contributed by atoms with Gasteiger partial charge in [0.15, 0.2) is 10.8 Å². The van der Waals surface area contributed by atoms with Crippen molar-refractivity contribution in [2.45, 2.75) is 37.3 Å². The van der Waals surface area contributed by atoms with Crippen molar-refractivity contribution in [3.05, 3.63) is 61.9 Å². The number of carbonyl (C=O) groups excluding carboxylic acids is 1. The van der Waals surface area contributed by atoms with Crippen LogP contribution in [0, 0.1) is 5.82 Å². The maximum absolute atomic E-state index is 14.4. The van der Waals surface area contributed by atoms with Crippen LogP contribution in [-0.2, 0) is 14.3 Å². The van der Waals surface area contributed by atoms with Gasteiger partial charge in [-0.15, -0.1) is 11.3 Å². The van der Waals surface area contributed by atoms with Crippen LogP contribution in [-0.4, -0.2) is 64.9 Å². The van der Waals surface area contributed by atoms with E-state index in [1.807, 2.05) is 0 Å². The number of esters is 1. The Balaban J connectivity index is 1.78. The highest BCUT2D eigenvalue weighted by atomic mass is 79.9. The highest BCUT2D eigenvalue weighted by molar-refractivity contribution is 9.10. The lowest BCUT2D eigenvalue weighted by Gasteiger charge is -2.31. The molecule has 0 unspecified atom stereocenters. The smallest absolute Gasteiger partial charge is 0.338 e. The molecule has 0 saturated carbocycles. The number of amidine groups is 1. The minimum absolute atomic E-state index is 0.0339. The number of nitrogens with zero attached hydrogens (tertiary/aromatic N) is 3. The first-order valence-corrected chi connectivity index (χ1v) is 12.6. The lowest BCUT2D eigenvalue weighted by Crippen LogP contribution is -2.41. The van der Waals surface area contributed by atoms with Gasteiger partial charge in [0.1, 0.15) is 11.9 Å². The van der Waals surface area contributed by atoms with Gasteiger partial charge in [-0.2, -0.15) is 0 Å². The first-order chi connectivity index (χ1) is 17.1. The van der Waals surface area contributed by atoms with Crippen molar-refractivity contribution in [3.8, 4) is 0 Å². The largest absolute Gasteiger partial charge is 0.481 e. The van der Waals surface area contributed by atoms with Gasteiger partial charge in [0.2, 0.25) is 0 Å². The average Bonchev–Trinajstić information content (AvgIpc) is 3.44. The minimum Gasteiger partial charge on any atom is -0.481 e. The van der Waals surface area contributed by atoms with Crippen molar-refractivity contribution in [1.82, 2.24) is 15.2 Å². The molecule has 4 rings (SSSR count). The molecule has 2 N–H and O–H groups in total. The Bertz CT molecular complexity index is 1220. The maximum atomic E-state index is 14.4. The Hall–Kier alpha value is -2.77. The van der Waals surface area contributed by atoms with E-state index < -0.39 is 48.7 Å². The summed E-state index contributed by atoms with van der Waals surface area (Å²) in [6.45, 7) is -0.699. The number of carbonyl (C=O) groups is 2. The topological polar surface area (TPSA) is 104 Å². The normalized spacial score (nSPS) is 21.8. The van der Waals surface area contributed by atoms with Crippen LogP contribution in [0.4, 0.5) is 13.2 Å². The molecule has 0 radical (unpaired) electrons. The third-order valence-electron chi connectivity index (χ3n) is 5.96.